The largest absolute Gasteiger partial charge is 0.455 e. The SMILES string of the molecule is CC(=O)OC1c2c(cc(-c3ccccc3)n2-c2ccc(C)cc2)C(=O)CC1(C)C. The van der Waals surface area contributed by atoms with E-state index in [2.05, 4.69) is 4.57 Å². The summed E-state index contributed by atoms with van der Waals surface area (Å²) in [7, 11) is 0. The van der Waals surface area contributed by atoms with Gasteiger partial charge in [0.2, 0.25) is 0 Å². The Bertz CT molecular complexity index is 1080. The van der Waals surface area contributed by atoms with Gasteiger partial charge in [-0.1, -0.05) is 61.9 Å². The van der Waals surface area contributed by atoms with Gasteiger partial charge in [0.15, 0.2) is 5.78 Å². The molecular weight excluding hydrogens is 362 g/mol. The van der Waals surface area contributed by atoms with Crippen molar-refractivity contribution in [1.82, 2.24) is 4.57 Å². The van der Waals surface area contributed by atoms with Crippen molar-refractivity contribution >= 4 is 11.8 Å². The molecule has 1 aliphatic carbocycles. The van der Waals surface area contributed by atoms with Crippen LogP contribution in [0, 0.1) is 12.3 Å². The Labute approximate surface area is 171 Å². The lowest BCUT2D eigenvalue weighted by molar-refractivity contribution is -0.154. The first kappa shape index (κ1) is 19.2. The van der Waals surface area contributed by atoms with E-state index in [1.54, 1.807) is 0 Å². The summed E-state index contributed by atoms with van der Waals surface area (Å²) in [4.78, 5) is 25.0. The molecule has 4 nitrogen and oxygen atoms in total. The van der Waals surface area contributed by atoms with Crippen LogP contribution in [0.25, 0.3) is 16.9 Å². The minimum absolute atomic E-state index is 0.0800. The second-order valence-electron chi connectivity index (χ2n) is 8.44. The number of nitrogens with zero attached hydrogens (tertiary/aromatic N) is 1. The Hall–Kier alpha value is -3.14. The highest BCUT2D eigenvalue weighted by atomic mass is 16.5. The van der Waals surface area contributed by atoms with Crippen LogP contribution in [-0.2, 0) is 9.53 Å². The zero-order valence-corrected chi connectivity index (χ0v) is 17.2. The van der Waals surface area contributed by atoms with Gasteiger partial charge in [-0.3, -0.25) is 9.59 Å². The molecule has 0 amide bonds. The molecule has 4 heteroatoms. The Morgan fingerprint density at radius 2 is 1.72 bits per heavy atom. The molecule has 2 aromatic carbocycles. The summed E-state index contributed by atoms with van der Waals surface area (Å²) in [5.41, 5.74) is 4.92. The molecule has 1 unspecified atom stereocenters. The summed E-state index contributed by atoms with van der Waals surface area (Å²) in [5, 5.41) is 0. The maximum Gasteiger partial charge on any atom is 0.303 e. The molecule has 1 atom stereocenters. The number of benzene rings is 2. The van der Waals surface area contributed by atoms with Crippen molar-refractivity contribution < 1.29 is 14.3 Å². The highest BCUT2D eigenvalue weighted by Crippen LogP contribution is 2.48. The van der Waals surface area contributed by atoms with Gasteiger partial charge in [0.25, 0.3) is 0 Å². The van der Waals surface area contributed by atoms with E-state index in [-0.39, 0.29) is 11.8 Å². The first-order valence-corrected chi connectivity index (χ1v) is 9.86. The number of aryl methyl sites for hydroxylation is 1. The van der Waals surface area contributed by atoms with Crippen LogP contribution in [0.5, 0.6) is 0 Å². The number of hydrogen-bond donors (Lipinski definition) is 0. The molecule has 0 aliphatic heterocycles. The molecule has 0 spiro atoms. The van der Waals surface area contributed by atoms with Gasteiger partial charge in [-0.2, -0.15) is 0 Å². The van der Waals surface area contributed by atoms with Crippen molar-refractivity contribution in [3.63, 3.8) is 0 Å². The fourth-order valence-corrected chi connectivity index (χ4v) is 4.15. The van der Waals surface area contributed by atoms with E-state index >= 15 is 0 Å². The zero-order chi connectivity index (χ0) is 20.8. The molecule has 0 bridgehead atoms. The molecule has 0 saturated carbocycles. The van der Waals surface area contributed by atoms with Gasteiger partial charge in [-0.15, -0.1) is 0 Å². The third-order valence-electron chi connectivity index (χ3n) is 5.56. The highest BCUT2D eigenvalue weighted by molar-refractivity contribution is 6.01. The third-order valence-corrected chi connectivity index (χ3v) is 5.56. The number of rotatable bonds is 3. The number of Topliss-reactive ketones (excluding diaryl/α,β-unsaturated/α-hetero) is 1. The van der Waals surface area contributed by atoms with Crippen LogP contribution in [0.3, 0.4) is 0 Å². The molecule has 1 aliphatic rings. The number of hydrogen-bond acceptors (Lipinski definition) is 3. The molecule has 0 radical (unpaired) electrons. The fraction of sp³-hybridized carbons (Fsp3) is 0.280. The average Bonchev–Trinajstić information content (AvgIpc) is 3.07. The van der Waals surface area contributed by atoms with Crippen LogP contribution in [0.1, 0.15) is 54.9 Å². The highest BCUT2D eigenvalue weighted by Gasteiger charge is 2.45. The van der Waals surface area contributed by atoms with E-state index in [0.717, 1.165) is 28.2 Å². The van der Waals surface area contributed by atoms with Crippen molar-refractivity contribution in [2.45, 2.75) is 40.2 Å². The maximum absolute atomic E-state index is 13.1. The number of esters is 1. The van der Waals surface area contributed by atoms with Gasteiger partial charge < -0.3 is 9.30 Å². The first-order chi connectivity index (χ1) is 13.8. The van der Waals surface area contributed by atoms with Crippen molar-refractivity contribution in [2.75, 3.05) is 0 Å². The van der Waals surface area contributed by atoms with E-state index in [1.807, 2.05) is 81.4 Å². The van der Waals surface area contributed by atoms with Crippen molar-refractivity contribution in [3.8, 4) is 16.9 Å². The van der Waals surface area contributed by atoms with Crippen molar-refractivity contribution in [2.24, 2.45) is 5.41 Å². The predicted octanol–water partition coefficient (Wildman–Crippen LogP) is 5.67. The number of ketones is 1. The van der Waals surface area contributed by atoms with E-state index in [9.17, 15) is 9.59 Å². The molecular formula is C25H25NO3. The maximum atomic E-state index is 13.1. The van der Waals surface area contributed by atoms with E-state index in [0.29, 0.717) is 12.0 Å². The van der Waals surface area contributed by atoms with Crippen LogP contribution in [0.2, 0.25) is 0 Å². The van der Waals surface area contributed by atoms with Gasteiger partial charge in [0.1, 0.15) is 6.10 Å². The second-order valence-corrected chi connectivity index (χ2v) is 8.44. The summed E-state index contributed by atoms with van der Waals surface area (Å²) in [5.74, 6) is -0.266. The number of aromatic nitrogens is 1. The van der Waals surface area contributed by atoms with E-state index in [1.165, 1.54) is 6.92 Å². The summed E-state index contributed by atoms with van der Waals surface area (Å²) in [6.45, 7) is 7.43. The molecule has 1 heterocycles. The van der Waals surface area contributed by atoms with Gasteiger partial charge in [-0.25, -0.2) is 0 Å². The molecule has 4 rings (SSSR count). The standard InChI is InChI=1S/C25H25NO3/c1-16-10-12-19(13-11-16)26-21(18-8-6-5-7-9-18)14-20-22(28)15-25(3,4)24(23(20)26)29-17(2)27/h5-14,24H,15H2,1-4H3. The summed E-state index contributed by atoms with van der Waals surface area (Å²) >= 11 is 0. The van der Waals surface area contributed by atoms with Crippen molar-refractivity contribution in [1.29, 1.82) is 0 Å². The third kappa shape index (κ3) is 3.39. The van der Waals surface area contributed by atoms with Crippen LogP contribution in [0.4, 0.5) is 0 Å². The van der Waals surface area contributed by atoms with Gasteiger partial charge in [-0.05, 0) is 30.7 Å². The molecule has 3 aromatic rings. The monoisotopic (exact) mass is 387 g/mol. The minimum Gasteiger partial charge on any atom is -0.455 e. The van der Waals surface area contributed by atoms with Gasteiger partial charge >= 0.3 is 5.97 Å². The molecule has 29 heavy (non-hydrogen) atoms. The number of carbonyl (C=O) groups excluding carboxylic acids is 2. The molecule has 0 N–H and O–H groups in total. The molecule has 1 aromatic heterocycles. The lowest BCUT2D eigenvalue weighted by Crippen LogP contribution is -2.35. The smallest absolute Gasteiger partial charge is 0.303 e. The van der Waals surface area contributed by atoms with Crippen LogP contribution in [-0.4, -0.2) is 16.3 Å². The zero-order valence-electron chi connectivity index (χ0n) is 17.2. The van der Waals surface area contributed by atoms with Gasteiger partial charge in [0.05, 0.1) is 11.4 Å². The lowest BCUT2D eigenvalue weighted by atomic mass is 9.73. The Morgan fingerprint density at radius 3 is 2.34 bits per heavy atom. The Kier molecular flexibility index (Phi) is 4.65. The topological polar surface area (TPSA) is 48.3 Å². The molecule has 0 fully saturated rings. The normalized spacial score (nSPS) is 17.7. The van der Waals surface area contributed by atoms with Crippen LogP contribution in [0.15, 0.2) is 60.7 Å². The number of fused-ring (bicyclic) bond motifs is 1. The second kappa shape index (κ2) is 7.03. The molecule has 148 valence electrons. The average molecular weight is 387 g/mol. The van der Waals surface area contributed by atoms with Crippen LogP contribution >= 0.6 is 0 Å². The number of carbonyl (C=O) groups is 2. The van der Waals surface area contributed by atoms with E-state index < -0.39 is 11.5 Å². The number of ether oxygens (including phenoxy) is 1. The Balaban J connectivity index is 2.05. The van der Waals surface area contributed by atoms with E-state index in [4.69, 9.17) is 4.74 Å². The summed E-state index contributed by atoms with van der Waals surface area (Å²) in [6.07, 6.45) is -0.171. The molecule has 0 saturated heterocycles. The van der Waals surface area contributed by atoms with Crippen LogP contribution < -0.4 is 0 Å². The lowest BCUT2D eigenvalue weighted by Gasteiger charge is -2.38. The minimum atomic E-state index is -0.508. The summed E-state index contributed by atoms with van der Waals surface area (Å²) in [6, 6.07) is 20.1. The predicted molar refractivity (Wildman–Crippen MR) is 113 cm³/mol. The van der Waals surface area contributed by atoms with Crippen molar-refractivity contribution in [3.05, 3.63) is 77.5 Å². The quantitative estimate of drug-likeness (QED) is 0.544. The Morgan fingerprint density at radius 1 is 1.07 bits per heavy atom. The first-order valence-electron chi connectivity index (χ1n) is 9.86. The van der Waals surface area contributed by atoms with Gasteiger partial charge in [0, 0.05) is 30.0 Å². The fourth-order valence-electron chi connectivity index (χ4n) is 4.15. The summed E-state index contributed by atoms with van der Waals surface area (Å²) < 4.78 is 7.88.